The predicted octanol–water partition coefficient (Wildman–Crippen LogP) is 2.82. The van der Waals surface area contributed by atoms with Crippen molar-refractivity contribution in [3.63, 3.8) is 0 Å². The molecule has 0 spiro atoms. The molecule has 20 heavy (non-hydrogen) atoms. The zero-order valence-electron chi connectivity index (χ0n) is 11.5. The molecule has 1 heterocycles. The quantitative estimate of drug-likeness (QED) is 0.877. The van der Waals surface area contributed by atoms with Gasteiger partial charge in [0.15, 0.2) is 0 Å². The Labute approximate surface area is 119 Å². The molecule has 3 nitrogen and oxygen atoms in total. The second-order valence-corrected chi connectivity index (χ2v) is 5.18. The Balaban J connectivity index is 1.86. The van der Waals surface area contributed by atoms with E-state index in [9.17, 15) is 4.79 Å². The molecule has 0 fully saturated rings. The maximum atomic E-state index is 12.5. The van der Waals surface area contributed by atoms with Gasteiger partial charge in [-0.05, 0) is 35.7 Å². The van der Waals surface area contributed by atoms with Gasteiger partial charge >= 0.3 is 0 Å². The zero-order chi connectivity index (χ0) is 13.9. The van der Waals surface area contributed by atoms with Gasteiger partial charge in [-0.1, -0.05) is 36.4 Å². The number of benzene rings is 2. The van der Waals surface area contributed by atoms with Crippen LogP contribution in [0.15, 0.2) is 48.5 Å². The highest BCUT2D eigenvalue weighted by Gasteiger charge is 2.26. The molecule has 2 N–H and O–H groups in total. The Morgan fingerprint density at radius 1 is 1.15 bits per heavy atom. The summed E-state index contributed by atoms with van der Waals surface area (Å²) in [6, 6.07) is 15.8. The summed E-state index contributed by atoms with van der Waals surface area (Å²) in [5.41, 5.74) is 4.49. The smallest absolute Gasteiger partial charge is 0.233 e. The Hall–Kier alpha value is -2.13. The van der Waals surface area contributed by atoms with Crippen LogP contribution < -0.4 is 10.6 Å². The lowest BCUT2D eigenvalue weighted by Gasteiger charge is -2.27. The fraction of sp³-hybridized carbons (Fsp3) is 0.235. The Morgan fingerprint density at radius 3 is 2.75 bits per heavy atom. The molecule has 0 bridgehead atoms. The van der Waals surface area contributed by atoms with Crippen LogP contribution in [-0.2, 0) is 11.3 Å². The number of fused-ring (bicyclic) bond motifs is 1. The van der Waals surface area contributed by atoms with Crippen molar-refractivity contribution < 1.29 is 4.79 Å². The van der Waals surface area contributed by atoms with Crippen molar-refractivity contribution in [2.24, 2.45) is 0 Å². The average Bonchev–Trinajstić information content (AvgIpc) is 2.48. The summed E-state index contributed by atoms with van der Waals surface area (Å²) >= 11 is 0. The largest absolute Gasteiger partial charge is 0.326 e. The molecule has 2 aromatic carbocycles. The van der Waals surface area contributed by atoms with Crippen LogP contribution in [0.25, 0.3) is 0 Å². The van der Waals surface area contributed by atoms with E-state index in [0.717, 1.165) is 17.8 Å². The number of carbonyl (C=O) groups is 1. The van der Waals surface area contributed by atoms with Crippen LogP contribution in [-0.4, -0.2) is 12.5 Å². The van der Waals surface area contributed by atoms with Crippen molar-refractivity contribution in [1.29, 1.82) is 0 Å². The molecule has 1 unspecified atom stereocenters. The second-order valence-electron chi connectivity index (χ2n) is 5.18. The summed E-state index contributed by atoms with van der Waals surface area (Å²) in [6.07, 6.45) is 0. The standard InChI is InChI=1S/C17H18N2O/c1-12-6-5-9-14-15(12)10-18-11-16(14)17(20)19-13-7-3-2-4-8-13/h2-9,16,18H,10-11H2,1H3,(H,19,20). The fourth-order valence-corrected chi connectivity index (χ4v) is 2.73. The average molecular weight is 266 g/mol. The van der Waals surface area contributed by atoms with Gasteiger partial charge in [0.05, 0.1) is 5.92 Å². The topological polar surface area (TPSA) is 41.1 Å². The molecule has 0 radical (unpaired) electrons. The van der Waals surface area contributed by atoms with Gasteiger partial charge in [-0.3, -0.25) is 4.79 Å². The number of hydrogen-bond acceptors (Lipinski definition) is 2. The minimum Gasteiger partial charge on any atom is -0.326 e. The molecule has 0 saturated carbocycles. The fourth-order valence-electron chi connectivity index (χ4n) is 2.73. The third-order valence-electron chi connectivity index (χ3n) is 3.83. The van der Waals surface area contributed by atoms with Crippen molar-refractivity contribution in [1.82, 2.24) is 5.32 Å². The molecule has 1 aliphatic rings. The summed E-state index contributed by atoms with van der Waals surface area (Å²) in [6.45, 7) is 3.63. The van der Waals surface area contributed by atoms with E-state index in [2.05, 4.69) is 29.7 Å². The van der Waals surface area contributed by atoms with Gasteiger partial charge in [0.1, 0.15) is 0 Å². The molecule has 1 atom stereocenters. The van der Waals surface area contributed by atoms with Crippen LogP contribution in [0.5, 0.6) is 0 Å². The van der Waals surface area contributed by atoms with Crippen LogP contribution in [0.4, 0.5) is 5.69 Å². The van der Waals surface area contributed by atoms with Gasteiger partial charge in [-0.25, -0.2) is 0 Å². The second kappa shape index (κ2) is 5.47. The van der Waals surface area contributed by atoms with Crippen molar-refractivity contribution in [3.05, 3.63) is 65.2 Å². The number of rotatable bonds is 2. The SMILES string of the molecule is Cc1cccc2c1CNCC2C(=O)Nc1ccccc1. The van der Waals surface area contributed by atoms with E-state index in [0.29, 0.717) is 6.54 Å². The molecule has 3 heteroatoms. The van der Waals surface area contributed by atoms with Crippen LogP contribution in [0, 0.1) is 6.92 Å². The molecular formula is C17H18N2O. The van der Waals surface area contributed by atoms with Gasteiger partial charge in [-0.15, -0.1) is 0 Å². The van der Waals surface area contributed by atoms with Crippen LogP contribution in [0.3, 0.4) is 0 Å². The van der Waals surface area contributed by atoms with E-state index in [-0.39, 0.29) is 11.8 Å². The molecule has 2 aromatic rings. The van der Waals surface area contributed by atoms with Crippen LogP contribution in [0.1, 0.15) is 22.6 Å². The predicted molar refractivity (Wildman–Crippen MR) is 80.7 cm³/mol. The zero-order valence-corrected chi connectivity index (χ0v) is 11.5. The Kier molecular flexibility index (Phi) is 3.52. The van der Waals surface area contributed by atoms with E-state index in [1.165, 1.54) is 11.1 Å². The molecule has 1 amide bonds. The van der Waals surface area contributed by atoms with Crippen molar-refractivity contribution >= 4 is 11.6 Å². The van der Waals surface area contributed by atoms with E-state index in [1.807, 2.05) is 36.4 Å². The summed E-state index contributed by atoms with van der Waals surface area (Å²) in [5.74, 6) is -0.0749. The van der Waals surface area contributed by atoms with Crippen LogP contribution >= 0.6 is 0 Å². The minimum absolute atomic E-state index is 0.0512. The van der Waals surface area contributed by atoms with Gasteiger partial charge in [0.25, 0.3) is 0 Å². The number of para-hydroxylation sites is 1. The lowest BCUT2D eigenvalue weighted by molar-refractivity contribution is -0.117. The maximum Gasteiger partial charge on any atom is 0.233 e. The molecule has 0 aromatic heterocycles. The summed E-state index contributed by atoms with van der Waals surface area (Å²) < 4.78 is 0. The highest BCUT2D eigenvalue weighted by molar-refractivity contribution is 5.96. The van der Waals surface area contributed by atoms with Crippen LogP contribution in [0.2, 0.25) is 0 Å². The van der Waals surface area contributed by atoms with E-state index in [4.69, 9.17) is 0 Å². The highest BCUT2D eigenvalue weighted by atomic mass is 16.1. The molecule has 3 rings (SSSR count). The molecule has 1 aliphatic heterocycles. The molecule has 102 valence electrons. The van der Waals surface area contributed by atoms with E-state index >= 15 is 0 Å². The number of hydrogen-bond donors (Lipinski definition) is 2. The number of nitrogens with one attached hydrogen (secondary N) is 2. The van der Waals surface area contributed by atoms with Gasteiger partial charge < -0.3 is 10.6 Å². The van der Waals surface area contributed by atoms with E-state index < -0.39 is 0 Å². The number of anilines is 1. The van der Waals surface area contributed by atoms with Crippen molar-refractivity contribution in [2.75, 3.05) is 11.9 Å². The highest BCUT2D eigenvalue weighted by Crippen LogP contribution is 2.27. The maximum absolute atomic E-state index is 12.5. The van der Waals surface area contributed by atoms with Crippen molar-refractivity contribution in [2.45, 2.75) is 19.4 Å². The van der Waals surface area contributed by atoms with Gasteiger partial charge in [0, 0.05) is 18.8 Å². The Morgan fingerprint density at radius 2 is 1.95 bits per heavy atom. The first-order valence-corrected chi connectivity index (χ1v) is 6.91. The molecule has 0 aliphatic carbocycles. The molecule has 0 saturated heterocycles. The third kappa shape index (κ3) is 2.45. The summed E-state index contributed by atoms with van der Waals surface area (Å²) in [7, 11) is 0. The third-order valence-corrected chi connectivity index (χ3v) is 3.83. The summed E-state index contributed by atoms with van der Waals surface area (Å²) in [4.78, 5) is 12.5. The number of aryl methyl sites for hydroxylation is 1. The first-order valence-electron chi connectivity index (χ1n) is 6.91. The monoisotopic (exact) mass is 266 g/mol. The first kappa shape index (κ1) is 12.9. The number of amides is 1. The van der Waals surface area contributed by atoms with Crippen molar-refractivity contribution in [3.8, 4) is 0 Å². The molecular weight excluding hydrogens is 248 g/mol. The Bertz CT molecular complexity index is 622. The normalized spacial score (nSPS) is 17.4. The van der Waals surface area contributed by atoms with Gasteiger partial charge in [0.2, 0.25) is 5.91 Å². The first-order chi connectivity index (χ1) is 9.75. The summed E-state index contributed by atoms with van der Waals surface area (Å²) in [5, 5.41) is 6.33. The lowest BCUT2D eigenvalue weighted by atomic mass is 9.88. The minimum atomic E-state index is -0.126. The number of carbonyl (C=O) groups excluding carboxylic acids is 1. The van der Waals surface area contributed by atoms with Gasteiger partial charge in [-0.2, -0.15) is 0 Å². The lowest BCUT2D eigenvalue weighted by Crippen LogP contribution is -2.35. The van der Waals surface area contributed by atoms with E-state index in [1.54, 1.807) is 0 Å².